The normalized spacial score (nSPS) is 18.6. The summed E-state index contributed by atoms with van der Waals surface area (Å²) in [5, 5.41) is 4.81. The molecule has 0 aromatic carbocycles. The maximum atomic E-state index is 12.2. The molecule has 0 aromatic heterocycles. The third-order valence-corrected chi connectivity index (χ3v) is 3.67. The Morgan fingerprint density at radius 1 is 1.29 bits per heavy atom. The summed E-state index contributed by atoms with van der Waals surface area (Å²) in [5.41, 5.74) is -0.535. The van der Waals surface area contributed by atoms with Crippen LogP contribution in [-0.4, -0.2) is 72.7 Å². The van der Waals surface area contributed by atoms with Gasteiger partial charge < -0.3 is 15.0 Å². The van der Waals surface area contributed by atoms with Crippen LogP contribution < -0.4 is 10.6 Å². The van der Waals surface area contributed by atoms with Crippen molar-refractivity contribution in [3.8, 4) is 0 Å². The van der Waals surface area contributed by atoms with Crippen molar-refractivity contribution < 1.29 is 19.1 Å². The van der Waals surface area contributed by atoms with E-state index in [1.807, 2.05) is 25.7 Å². The lowest BCUT2D eigenvalue weighted by Gasteiger charge is -2.37. The van der Waals surface area contributed by atoms with E-state index in [2.05, 4.69) is 10.6 Å². The van der Waals surface area contributed by atoms with Crippen LogP contribution in [0, 0.1) is 0 Å². The molecule has 2 N–H and O–H groups in total. The fourth-order valence-electron chi connectivity index (χ4n) is 2.55. The Balaban J connectivity index is 2.50. The van der Waals surface area contributed by atoms with Crippen molar-refractivity contribution in [1.29, 1.82) is 0 Å². The van der Waals surface area contributed by atoms with Gasteiger partial charge in [0.05, 0.1) is 6.54 Å². The molecule has 1 fully saturated rings. The van der Waals surface area contributed by atoms with Gasteiger partial charge in [0.25, 0.3) is 0 Å². The van der Waals surface area contributed by atoms with E-state index in [1.165, 1.54) is 0 Å². The molecule has 0 aliphatic carbocycles. The summed E-state index contributed by atoms with van der Waals surface area (Å²) < 4.78 is 5.38. The van der Waals surface area contributed by atoms with Gasteiger partial charge >= 0.3 is 12.1 Å². The molecule has 1 aliphatic rings. The van der Waals surface area contributed by atoms with Crippen molar-refractivity contribution in [3.63, 3.8) is 0 Å². The Morgan fingerprint density at radius 3 is 2.54 bits per heavy atom. The van der Waals surface area contributed by atoms with E-state index in [1.54, 1.807) is 18.9 Å². The van der Waals surface area contributed by atoms with Gasteiger partial charge in [-0.1, -0.05) is 0 Å². The lowest BCUT2D eigenvalue weighted by molar-refractivity contribution is -0.121. The van der Waals surface area contributed by atoms with Gasteiger partial charge in [0.2, 0.25) is 5.91 Å². The van der Waals surface area contributed by atoms with E-state index in [0.717, 1.165) is 19.4 Å². The van der Waals surface area contributed by atoms with Crippen molar-refractivity contribution in [2.45, 2.75) is 52.2 Å². The number of amides is 4. The zero-order chi connectivity index (χ0) is 18.3. The Kier molecular flexibility index (Phi) is 7.47. The van der Waals surface area contributed by atoms with Gasteiger partial charge in [-0.3, -0.25) is 15.0 Å². The highest BCUT2D eigenvalue weighted by atomic mass is 16.6. The zero-order valence-electron chi connectivity index (χ0n) is 15.3. The Hall–Kier alpha value is -1.83. The van der Waals surface area contributed by atoms with Crippen molar-refractivity contribution >= 4 is 18.0 Å². The molecule has 24 heavy (non-hydrogen) atoms. The Morgan fingerprint density at radius 2 is 1.96 bits per heavy atom. The van der Waals surface area contributed by atoms with Gasteiger partial charge in [-0.25, -0.2) is 9.59 Å². The number of hydrogen-bond acceptors (Lipinski definition) is 5. The molecule has 0 bridgehead atoms. The molecular formula is C16H30N4O4. The quantitative estimate of drug-likeness (QED) is 0.800. The number of carbonyl (C=O) groups is 3. The van der Waals surface area contributed by atoms with Crippen LogP contribution in [0.5, 0.6) is 0 Å². The number of likely N-dealkylation sites (tertiary alicyclic amines) is 1. The zero-order valence-corrected chi connectivity index (χ0v) is 15.3. The summed E-state index contributed by atoms with van der Waals surface area (Å²) in [7, 11) is 1.72. The van der Waals surface area contributed by atoms with Crippen LogP contribution >= 0.6 is 0 Å². The predicted octanol–water partition coefficient (Wildman–Crippen LogP) is 1.16. The Bertz CT molecular complexity index is 461. The summed E-state index contributed by atoms with van der Waals surface area (Å²) in [5.74, 6) is -0.346. The number of likely N-dealkylation sites (N-methyl/N-ethyl adjacent to an activating group) is 1. The number of carbonyl (C=O) groups excluding carboxylic acids is 3. The number of hydrogen-bond donors (Lipinski definition) is 2. The number of nitrogens with zero attached hydrogens (tertiary/aromatic N) is 2. The Labute approximate surface area is 143 Å². The molecule has 1 rings (SSSR count). The first-order valence-corrected chi connectivity index (χ1v) is 8.38. The van der Waals surface area contributed by atoms with Gasteiger partial charge in [0.15, 0.2) is 0 Å². The molecule has 4 amide bonds. The molecule has 138 valence electrons. The van der Waals surface area contributed by atoms with Gasteiger partial charge in [0, 0.05) is 26.2 Å². The van der Waals surface area contributed by atoms with Crippen LogP contribution in [0.1, 0.15) is 40.5 Å². The van der Waals surface area contributed by atoms with Crippen molar-refractivity contribution in [2.75, 3.05) is 33.2 Å². The number of piperidine rings is 1. The van der Waals surface area contributed by atoms with Crippen LogP contribution in [0.25, 0.3) is 0 Å². The summed E-state index contributed by atoms with van der Waals surface area (Å²) in [6.07, 6.45) is 1.39. The van der Waals surface area contributed by atoms with E-state index >= 15 is 0 Å². The maximum absolute atomic E-state index is 12.2. The topological polar surface area (TPSA) is 91.0 Å². The van der Waals surface area contributed by atoms with Gasteiger partial charge in [-0.05, 0) is 47.1 Å². The molecule has 0 spiro atoms. The lowest BCUT2D eigenvalue weighted by atomic mass is 10.0. The molecule has 0 radical (unpaired) electrons. The van der Waals surface area contributed by atoms with E-state index in [-0.39, 0.29) is 24.6 Å². The molecule has 0 saturated carbocycles. The average Bonchev–Trinajstić information content (AvgIpc) is 2.44. The van der Waals surface area contributed by atoms with E-state index in [4.69, 9.17) is 4.74 Å². The second-order valence-electron chi connectivity index (χ2n) is 7.03. The van der Waals surface area contributed by atoms with Gasteiger partial charge in [-0.2, -0.15) is 0 Å². The molecular weight excluding hydrogens is 312 g/mol. The largest absolute Gasteiger partial charge is 0.444 e. The molecule has 8 nitrogen and oxygen atoms in total. The molecule has 1 heterocycles. The minimum Gasteiger partial charge on any atom is -0.444 e. The fourth-order valence-corrected chi connectivity index (χ4v) is 2.55. The average molecular weight is 342 g/mol. The minimum atomic E-state index is -0.535. The van der Waals surface area contributed by atoms with Crippen LogP contribution in [0.15, 0.2) is 0 Å². The summed E-state index contributed by atoms with van der Waals surface area (Å²) in [6.45, 7) is 9.22. The standard InChI is InChI=1S/C16H30N4O4/c1-6-17-14(22)18-13(21)11-20-9-7-8-12(10-20)19(5)15(23)24-16(2,3)4/h12H,6-11H2,1-5H3,(H2,17,18,21,22). The van der Waals surface area contributed by atoms with Crippen molar-refractivity contribution in [3.05, 3.63) is 0 Å². The molecule has 1 aliphatic heterocycles. The van der Waals surface area contributed by atoms with E-state index in [9.17, 15) is 14.4 Å². The van der Waals surface area contributed by atoms with Crippen LogP contribution in [0.3, 0.4) is 0 Å². The van der Waals surface area contributed by atoms with E-state index < -0.39 is 11.6 Å². The number of imide groups is 1. The second kappa shape index (κ2) is 8.86. The minimum absolute atomic E-state index is 0.00846. The number of ether oxygens (including phenoxy) is 1. The second-order valence-corrected chi connectivity index (χ2v) is 7.03. The summed E-state index contributed by atoms with van der Waals surface area (Å²) in [4.78, 5) is 38.9. The highest BCUT2D eigenvalue weighted by Gasteiger charge is 2.29. The third-order valence-electron chi connectivity index (χ3n) is 3.67. The van der Waals surface area contributed by atoms with E-state index in [0.29, 0.717) is 13.1 Å². The van der Waals surface area contributed by atoms with Crippen LogP contribution in [-0.2, 0) is 9.53 Å². The number of nitrogens with one attached hydrogen (secondary N) is 2. The number of urea groups is 1. The van der Waals surface area contributed by atoms with Gasteiger partial charge in [-0.15, -0.1) is 0 Å². The summed E-state index contributed by atoms with van der Waals surface area (Å²) in [6, 6.07) is -0.493. The fraction of sp³-hybridized carbons (Fsp3) is 0.812. The molecule has 0 aromatic rings. The maximum Gasteiger partial charge on any atom is 0.410 e. The lowest BCUT2D eigenvalue weighted by Crippen LogP contribution is -2.52. The van der Waals surface area contributed by atoms with Gasteiger partial charge in [0.1, 0.15) is 5.60 Å². The summed E-state index contributed by atoms with van der Waals surface area (Å²) >= 11 is 0. The first kappa shape index (κ1) is 20.2. The molecule has 1 atom stereocenters. The molecule has 1 saturated heterocycles. The molecule has 8 heteroatoms. The SMILES string of the molecule is CCNC(=O)NC(=O)CN1CCCC(N(C)C(=O)OC(C)(C)C)C1. The smallest absolute Gasteiger partial charge is 0.410 e. The van der Waals surface area contributed by atoms with Crippen molar-refractivity contribution in [1.82, 2.24) is 20.4 Å². The van der Waals surface area contributed by atoms with Crippen molar-refractivity contribution in [2.24, 2.45) is 0 Å². The first-order valence-electron chi connectivity index (χ1n) is 8.38. The van der Waals surface area contributed by atoms with Crippen LogP contribution in [0.2, 0.25) is 0 Å². The highest BCUT2D eigenvalue weighted by molar-refractivity contribution is 5.95. The predicted molar refractivity (Wildman–Crippen MR) is 90.7 cm³/mol. The molecule has 1 unspecified atom stereocenters. The monoisotopic (exact) mass is 342 g/mol. The third kappa shape index (κ3) is 7.16. The first-order chi connectivity index (χ1) is 11.1. The number of rotatable bonds is 4. The highest BCUT2D eigenvalue weighted by Crippen LogP contribution is 2.17. The van der Waals surface area contributed by atoms with Crippen LogP contribution in [0.4, 0.5) is 9.59 Å².